The largest absolute Gasteiger partial charge is 0.481 e. The van der Waals surface area contributed by atoms with Gasteiger partial charge < -0.3 is 10.1 Å². The molecule has 0 amide bonds. The first-order chi connectivity index (χ1) is 17.2. The van der Waals surface area contributed by atoms with E-state index in [4.69, 9.17) is 5.11 Å². The number of rotatable bonds is 5. The number of aromatic nitrogens is 2. The lowest BCUT2D eigenvalue weighted by Gasteiger charge is -2.28. The summed E-state index contributed by atoms with van der Waals surface area (Å²) >= 11 is 0. The van der Waals surface area contributed by atoms with E-state index in [1.807, 2.05) is 24.3 Å². The Morgan fingerprint density at radius 3 is 2.28 bits per heavy atom. The molecule has 3 aromatic carbocycles. The number of imidazole rings is 1. The number of hydrogen-bond donors (Lipinski definition) is 2. The molecule has 2 N–H and O–H groups in total. The Kier molecular flexibility index (Phi) is 6.28. The van der Waals surface area contributed by atoms with Crippen LogP contribution in [0.5, 0.6) is 0 Å². The Labute approximate surface area is 205 Å². The highest BCUT2D eigenvalue weighted by atomic mass is 19.4. The summed E-state index contributed by atoms with van der Waals surface area (Å²) in [6.45, 7) is 0. The Morgan fingerprint density at radius 2 is 1.64 bits per heavy atom. The SMILES string of the molecule is O=C(O)CC1CCC(c2ccc(-c3ccc(-c4nc5ccc(C(F)(F)F)cc5[nH]4)c(F)c3)cc2)CC1. The highest BCUT2D eigenvalue weighted by Gasteiger charge is 2.31. The second-order valence-electron chi connectivity index (χ2n) is 9.45. The molecule has 0 saturated heterocycles. The van der Waals surface area contributed by atoms with Crippen molar-refractivity contribution in [1.29, 1.82) is 0 Å². The Balaban J connectivity index is 1.32. The molecular formula is C28H24F4N2O2. The van der Waals surface area contributed by atoms with E-state index in [-0.39, 0.29) is 29.2 Å². The van der Waals surface area contributed by atoms with Crippen LogP contribution in [0.2, 0.25) is 0 Å². The third kappa shape index (κ3) is 4.98. The van der Waals surface area contributed by atoms with Gasteiger partial charge in [0.15, 0.2) is 0 Å². The van der Waals surface area contributed by atoms with Gasteiger partial charge in [0, 0.05) is 6.42 Å². The maximum atomic E-state index is 15.0. The molecule has 1 aliphatic carbocycles. The summed E-state index contributed by atoms with van der Waals surface area (Å²) in [6.07, 6.45) is -0.502. The van der Waals surface area contributed by atoms with E-state index < -0.39 is 23.5 Å². The molecule has 0 unspecified atom stereocenters. The van der Waals surface area contributed by atoms with Gasteiger partial charge in [-0.2, -0.15) is 13.2 Å². The molecule has 4 aromatic rings. The molecule has 36 heavy (non-hydrogen) atoms. The number of halogens is 4. The third-order valence-electron chi connectivity index (χ3n) is 7.06. The van der Waals surface area contributed by atoms with E-state index in [2.05, 4.69) is 9.97 Å². The first kappa shape index (κ1) is 24.0. The quantitative estimate of drug-likeness (QED) is 0.277. The molecule has 186 valence electrons. The first-order valence-corrected chi connectivity index (χ1v) is 11.9. The number of fused-ring (bicyclic) bond motifs is 1. The number of hydrogen-bond acceptors (Lipinski definition) is 2. The van der Waals surface area contributed by atoms with Crippen LogP contribution in [0.15, 0.2) is 60.7 Å². The number of benzene rings is 3. The molecule has 4 nitrogen and oxygen atoms in total. The van der Waals surface area contributed by atoms with Gasteiger partial charge in [0.25, 0.3) is 0 Å². The van der Waals surface area contributed by atoms with Crippen LogP contribution in [0.4, 0.5) is 17.6 Å². The van der Waals surface area contributed by atoms with E-state index in [0.717, 1.165) is 43.4 Å². The van der Waals surface area contributed by atoms with Gasteiger partial charge in [-0.05, 0) is 84.5 Å². The number of aliphatic carboxylic acids is 1. The smallest absolute Gasteiger partial charge is 0.416 e. The van der Waals surface area contributed by atoms with Crippen LogP contribution in [-0.2, 0) is 11.0 Å². The van der Waals surface area contributed by atoms with Crippen molar-refractivity contribution >= 4 is 17.0 Å². The van der Waals surface area contributed by atoms with E-state index >= 15 is 4.39 Å². The lowest BCUT2D eigenvalue weighted by atomic mass is 9.77. The van der Waals surface area contributed by atoms with Crippen molar-refractivity contribution in [2.45, 2.75) is 44.2 Å². The average Bonchev–Trinajstić information content (AvgIpc) is 3.27. The van der Waals surface area contributed by atoms with Gasteiger partial charge in [-0.15, -0.1) is 0 Å². The summed E-state index contributed by atoms with van der Waals surface area (Å²) in [5.74, 6) is -0.449. The zero-order valence-electron chi connectivity index (χ0n) is 19.3. The molecule has 0 aliphatic heterocycles. The summed E-state index contributed by atoms with van der Waals surface area (Å²) < 4.78 is 54.0. The Bertz CT molecular complexity index is 1400. The number of nitrogens with zero attached hydrogens (tertiary/aromatic N) is 1. The van der Waals surface area contributed by atoms with Crippen LogP contribution < -0.4 is 0 Å². The maximum absolute atomic E-state index is 15.0. The van der Waals surface area contributed by atoms with Crippen LogP contribution in [-0.4, -0.2) is 21.0 Å². The molecule has 1 fully saturated rings. The molecule has 1 saturated carbocycles. The third-order valence-corrected chi connectivity index (χ3v) is 7.06. The molecule has 8 heteroatoms. The van der Waals surface area contributed by atoms with Gasteiger partial charge in [0.2, 0.25) is 0 Å². The number of carbonyl (C=O) groups is 1. The number of aromatic amines is 1. The van der Waals surface area contributed by atoms with Crippen LogP contribution in [0.3, 0.4) is 0 Å². The fourth-order valence-electron chi connectivity index (χ4n) is 5.09. The lowest BCUT2D eigenvalue weighted by molar-refractivity contribution is -0.138. The number of alkyl halides is 3. The number of H-pyrrole nitrogens is 1. The number of carboxylic acid groups (broad SMARTS) is 1. The number of nitrogens with one attached hydrogen (secondary N) is 1. The molecule has 0 bridgehead atoms. The monoisotopic (exact) mass is 496 g/mol. The summed E-state index contributed by atoms with van der Waals surface area (Å²) in [4.78, 5) is 18.0. The summed E-state index contributed by atoms with van der Waals surface area (Å²) in [5, 5.41) is 8.99. The van der Waals surface area contributed by atoms with E-state index in [9.17, 15) is 18.0 Å². The predicted octanol–water partition coefficient (Wildman–Crippen LogP) is 7.80. The van der Waals surface area contributed by atoms with E-state index in [0.29, 0.717) is 17.0 Å². The minimum absolute atomic E-state index is 0.169. The van der Waals surface area contributed by atoms with Gasteiger partial charge in [0.05, 0.1) is 22.2 Å². The fourth-order valence-corrected chi connectivity index (χ4v) is 5.09. The van der Waals surface area contributed by atoms with Crippen molar-refractivity contribution in [1.82, 2.24) is 9.97 Å². The standard InChI is InChI=1S/C28H24F4N2O2/c29-23-14-20(19-7-5-18(6-8-19)17-3-1-16(2-4-17)13-26(35)36)9-11-22(23)27-33-24-12-10-21(28(30,31)32)15-25(24)34-27/h5-12,14-17H,1-4,13H2,(H,33,34)(H,35,36). The van der Waals surface area contributed by atoms with Crippen molar-refractivity contribution < 1.29 is 27.5 Å². The van der Waals surface area contributed by atoms with Crippen molar-refractivity contribution in [2.24, 2.45) is 5.92 Å². The summed E-state index contributed by atoms with van der Waals surface area (Å²) in [5.41, 5.74) is 2.64. The van der Waals surface area contributed by atoms with Crippen molar-refractivity contribution in [3.8, 4) is 22.5 Å². The molecule has 1 aromatic heterocycles. The zero-order chi connectivity index (χ0) is 25.4. The zero-order valence-corrected chi connectivity index (χ0v) is 19.3. The van der Waals surface area contributed by atoms with Crippen molar-refractivity contribution in [3.05, 3.63) is 77.6 Å². The molecule has 0 spiro atoms. The van der Waals surface area contributed by atoms with Crippen LogP contribution in [0.25, 0.3) is 33.5 Å². The second-order valence-corrected chi connectivity index (χ2v) is 9.45. The van der Waals surface area contributed by atoms with Crippen molar-refractivity contribution in [3.63, 3.8) is 0 Å². The topological polar surface area (TPSA) is 66.0 Å². The predicted molar refractivity (Wildman–Crippen MR) is 129 cm³/mol. The highest BCUT2D eigenvalue weighted by Crippen LogP contribution is 2.38. The first-order valence-electron chi connectivity index (χ1n) is 11.9. The van der Waals surface area contributed by atoms with Crippen molar-refractivity contribution in [2.75, 3.05) is 0 Å². The lowest BCUT2D eigenvalue weighted by Crippen LogP contribution is -2.16. The summed E-state index contributed by atoms with van der Waals surface area (Å²) in [6, 6.07) is 15.9. The molecule has 1 heterocycles. The van der Waals surface area contributed by atoms with Crippen LogP contribution in [0.1, 0.15) is 49.1 Å². The minimum atomic E-state index is -4.47. The van der Waals surface area contributed by atoms with E-state index in [1.165, 1.54) is 17.7 Å². The van der Waals surface area contributed by atoms with Gasteiger partial charge in [0.1, 0.15) is 11.6 Å². The number of carboxylic acids is 1. The fraction of sp³-hybridized carbons (Fsp3) is 0.286. The molecule has 0 atom stereocenters. The molecule has 5 rings (SSSR count). The normalized spacial score (nSPS) is 18.4. The van der Waals surface area contributed by atoms with Gasteiger partial charge in [-0.3, -0.25) is 4.79 Å². The second kappa shape index (κ2) is 9.41. The highest BCUT2D eigenvalue weighted by molar-refractivity contribution is 5.81. The molecular weight excluding hydrogens is 472 g/mol. The Hall–Kier alpha value is -3.68. The van der Waals surface area contributed by atoms with Gasteiger partial charge >= 0.3 is 12.1 Å². The van der Waals surface area contributed by atoms with E-state index in [1.54, 1.807) is 12.1 Å². The molecule has 1 aliphatic rings. The molecule has 0 radical (unpaired) electrons. The minimum Gasteiger partial charge on any atom is -0.481 e. The van der Waals surface area contributed by atoms with Gasteiger partial charge in [-0.1, -0.05) is 30.3 Å². The summed E-state index contributed by atoms with van der Waals surface area (Å²) in [7, 11) is 0. The maximum Gasteiger partial charge on any atom is 0.416 e. The average molecular weight is 497 g/mol. The Morgan fingerprint density at radius 1 is 0.944 bits per heavy atom. The van der Waals surface area contributed by atoms with Gasteiger partial charge in [-0.25, -0.2) is 9.37 Å². The van der Waals surface area contributed by atoms with Crippen LogP contribution >= 0.6 is 0 Å². The van der Waals surface area contributed by atoms with Crippen LogP contribution in [0, 0.1) is 11.7 Å².